The van der Waals surface area contributed by atoms with Crippen LogP contribution in [0.25, 0.3) is 0 Å². The second kappa shape index (κ2) is 6.47. The van der Waals surface area contributed by atoms with Gasteiger partial charge in [0.25, 0.3) is 0 Å². The van der Waals surface area contributed by atoms with Crippen LogP contribution in [-0.4, -0.2) is 34.2 Å². The van der Waals surface area contributed by atoms with Crippen LogP contribution in [0.3, 0.4) is 0 Å². The molecule has 1 saturated heterocycles. The Morgan fingerprint density at radius 1 is 1.55 bits per heavy atom. The van der Waals surface area contributed by atoms with Crippen LogP contribution < -0.4 is 5.32 Å². The Morgan fingerprint density at radius 2 is 2.50 bits per heavy atom. The Morgan fingerprint density at radius 3 is 3.25 bits per heavy atom. The average Bonchev–Trinajstić information content (AvgIpc) is 3.09. The van der Waals surface area contributed by atoms with Crippen LogP contribution in [0.1, 0.15) is 30.1 Å². The first-order valence-corrected chi connectivity index (χ1v) is 8.00. The lowest BCUT2D eigenvalue weighted by Crippen LogP contribution is -2.45. The lowest BCUT2D eigenvalue weighted by atomic mass is 10.1. The monoisotopic (exact) mass is 292 g/mol. The third-order valence-electron chi connectivity index (χ3n) is 3.62. The Hall–Kier alpha value is -1.24. The summed E-state index contributed by atoms with van der Waals surface area (Å²) in [6.45, 7) is 5.75. The molecule has 0 spiro atoms. The maximum atomic E-state index is 5.03. The molecular formula is C14H20N4OS. The molecule has 2 aromatic rings. The lowest BCUT2D eigenvalue weighted by Gasteiger charge is -2.32. The zero-order valence-electron chi connectivity index (χ0n) is 11.7. The largest absolute Gasteiger partial charge is 0.340 e. The molecule has 0 aliphatic carbocycles. The molecule has 20 heavy (non-hydrogen) atoms. The molecule has 0 unspecified atom stereocenters. The van der Waals surface area contributed by atoms with Gasteiger partial charge in [0.1, 0.15) is 0 Å². The Kier molecular flexibility index (Phi) is 4.44. The van der Waals surface area contributed by atoms with Gasteiger partial charge in [0.05, 0.1) is 6.54 Å². The van der Waals surface area contributed by atoms with Gasteiger partial charge in [-0.2, -0.15) is 16.3 Å². The molecule has 0 saturated carbocycles. The van der Waals surface area contributed by atoms with E-state index < -0.39 is 0 Å². The Bertz CT molecular complexity index is 525. The number of aromatic nitrogens is 2. The second-order valence-electron chi connectivity index (χ2n) is 5.32. The van der Waals surface area contributed by atoms with Crippen LogP contribution in [0.15, 0.2) is 21.3 Å². The zero-order valence-corrected chi connectivity index (χ0v) is 12.5. The van der Waals surface area contributed by atoms with Gasteiger partial charge < -0.3 is 9.84 Å². The third kappa shape index (κ3) is 3.65. The fourth-order valence-electron chi connectivity index (χ4n) is 2.63. The van der Waals surface area contributed by atoms with Crippen LogP contribution >= 0.6 is 11.3 Å². The van der Waals surface area contributed by atoms with E-state index in [9.17, 15) is 0 Å². The number of hydrogen-bond donors (Lipinski definition) is 1. The minimum absolute atomic E-state index is 0.552. The topological polar surface area (TPSA) is 54.2 Å². The second-order valence-corrected chi connectivity index (χ2v) is 6.10. The third-order valence-corrected chi connectivity index (χ3v) is 4.35. The summed E-state index contributed by atoms with van der Waals surface area (Å²) in [6, 6.07) is 2.73. The van der Waals surface area contributed by atoms with Crippen molar-refractivity contribution in [3.8, 4) is 0 Å². The SMILES string of the molecule is Cc1nc(CN2CCC[C@H](NCc3ccsc3)C2)no1. The summed E-state index contributed by atoms with van der Waals surface area (Å²) < 4.78 is 5.03. The fourth-order valence-corrected chi connectivity index (χ4v) is 3.30. The van der Waals surface area contributed by atoms with Crippen LogP contribution in [0.2, 0.25) is 0 Å². The first kappa shape index (κ1) is 13.7. The quantitative estimate of drug-likeness (QED) is 0.915. The molecule has 5 nitrogen and oxygen atoms in total. The van der Waals surface area contributed by atoms with Gasteiger partial charge in [0.2, 0.25) is 5.89 Å². The number of nitrogens with one attached hydrogen (secondary N) is 1. The molecule has 3 rings (SSSR count). The van der Waals surface area contributed by atoms with E-state index in [4.69, 9.17) is 4.52 Å². The summed E-state index contributed by atoms with van der Waals surface area (Å²) in [6.07, 6.45) is 2.46. The zero-order chi connectivity index (χ0) is 13.8. The molecular weight excluding hydrogens is 272 g/mol. The Balaban J connectivity index is 1.48. The van der Waals surface area contributed by atoms with Crippen molar-refractivity contribution in [2.75, 3.05) is 13.1 Å². The Labute approximate surface area is 123 Å². The number of nitrogens with zero attached hydrogens (tertiary/aromatic N) is 3. The molecule has 0 amide bonds. The van der Waals surface area contributed by atoms with Crippen molar-refractivity contribution in [3.05, 3.63) is 34.1 Å². The first-order valence-electron chi connectivity index (χ1n) is 7.05. The van der Waals surface area contributed by atoms with E-state index in [1.807, 2.05) is 6.92 Å². The summed E-state index contributed by atoms with van der Waals surface area (Å²) in [5.41, 5.74) is 1.38. The summed E-state index contributed by atoms with van der Waals surface area (Å²) in [5.74, 6) is 1.44. The standard InChI is InChI=1S/C14H20N4OS/c1-11-16-14(17-19-11)9-18-5-2-3-13(8-18)15-7-12-4-6-20-10-12/h4,6,10,13,15H,2-3,5,7-9H2,1H3/t13-/m0/s1. The number of likely N-dealkylation sites (tertiary alicyclic amines) is 1. The van der Waals surface area contributed by atoms with Gasteiger partial charge in [-0.1, -0.05) is 5.16 Å². The highest BCUT2D eigenvalue weighted by molar-refractivity contribution is 7.07. The van der Waals surface area contributed by atoms with Gasteiger partial charge in [-0.15, -0.1) is 0 Å². The number of thiophene rings is 1. The van der Waals surface area contributed by atoms with E-state index in [0.717, 1.165) is 32.0 Å². The van der Waals surface area contributed by atoms with E-state index in [1.54, 1.807) is 11.3 Å². The van der Waals surface area contributed by atoms with Crippen LogP contribution in [0, 0.1) is 6.92 Å². The summed E-state index contributed by atoms with van der Waals surface area (Å²) in [5, 5.41) is 12.0. The van der Waals surface area contributed by atoms with Crippen molar-refractivity contribution >= 4 is 11.3 Å². The highest BCUT2D eigenvalue weighted by Crippen LogP contribution is 2.14. The van der Waals surface area contributed by atoms with Gasteiger partial charge in [0, 0.05) is 26.1 Å². The molecule has 1 atom stereocenters. The van der Waals surface area contributed by atoms with E-state index in [1.165, 1.54) is 18.4 Å². The smallest absolute Gasteiger partial charge is 0.223 e. The van der Waals surface area contributed by atoms with Crippen molar-refractivity contribution in [2.24, 2.45) is 0 Å². The highest BCUT2D eigenvalue weighted by atomic mass is 32.1. The lowest BCUT2D eigenvalue weighted by molar-refractivity contribution is 0.177. The molecule has 0 bridgehead atoms. The van der Waals surface area contributed by atoms with Crippen molar-refractivity contribution < 1.29 is 4.52 Å². The van der Waals surface area contributed by atoms with Crippen molar-refractivity contribution in [3.63, 3.8) is 0 Å². The molecule has 1 fully saturated rings. The molecule has 108 valence electrons. The van der Waals surface area contributed by atoms with Gasteiger partial charge >= 0.3 is 0 Å². The van der Waals surface area contributed by atoms with Gasteiger partial charge in [0.15, 0.2) is 5.82 Å². The first-order chi connectivity index (χ1) is 9.79. The van der Waals surface area contributed by atoms with E-state index >= 15 is 0 Å². The van der Waals surface area contributed by atoms with Crippen molar-refractivity contribution in [2.45, 2.75) is 38.9 Å². The maximum Gasteiger partial charge on any atom is 0.223 e. The molecule has 1 aliphatic rings. The van der Waals surface area contributed by atoms with Crippen LogP contribution in [0.5, 0.6) is 0 Å². The molecule has 6 heteroatoms. The molecule has 0 radical (unpaired) electrons. The average molecular weight is 292 g/mol. The van der Waals surface area contributed by atoms with Gasteiger partial charge in [-0.3, -0.25) is 4.90 Å². The normalized spacial score (nSPS) is 20.4. The highest BCUT2D eigenvalue weighted by Gasteiger charge is 2.20. The number of rotatable bonds is 5. The summed E-state index contributed by atoms with van der Waals surface area (Å²) >= 11 is 1.75. The summed E-state index contributed by atoms with van der Waals surface area (Å²) in [7, 11) is 0. The maximum absolute atomic E-state index is 5.03. The number of piperidine rings is 1. The predicted octanol–water partition coefficient (Wildman–Crippen LogP) is 2.19. The minimum Gasteiger partial charge on any atom is -0.340 e. The number of hydrogen-bond acceptors (Lipinski definition) is 6. The molecule has 1 N–H and O–H groups in total. The van der Waals surface area contributed by atoms with Crippen molar-refractivity contribution in [1.82, 2.24) is 20.4 Å². The van der Waals surface area contributed by atoms with E-state index in [2.05, 4.69) is 37.2 Å². The van der Waals surface area contributed by atoms with Crippen molar-refractivity contribution in [1.29, 1.82) is 0 Å². The molecule has 0 aromatic carbocycles. The predicted molar refractivity (Wildman–Crippen MR) is 78.5 cm³/mol. The molecule has 1 aliphatic heterocycles. The summed E-state index contributed by atoms with van der Waals surface area (Å²) in [4.78, 5) is 6.68. The van der Waals surface area contributed by atoms with Crippen LogP contribution in [0.4, 0.5) is 0 Å². The molecule has 3 heterocycles. The van der Waals surface area contributed by atoms with Gasteiger partial charge in [-0.25, -0.2) is 0 Å². The van der Waals surface area contributed by atoms with Crippen LogP contribution in [-0.2, 0) is 13.1 Å². The van der Waals surface area contributed by atoms with E-state index in [0.29, 0.717) is 11.9 Å². The van der Waals surface area contributed by atoms with Gasteiger partial charge in [-0.05, 0) is 41.8 Å². The van der Waals surface area contributed by atoms with E-state index in [-0.39, 0.29) is 0 Å². The minimum atomic E-state index is 0.552. The number of aryl methyl sites for hydroxylation is 1. The molecule has 2 aromatic heterocycles. The fraction of sp³-hybridized carbons (Fsp3) is 0.571.